The Labute approximate surface area is 126 Å². The lowest BCUT2D eigenvalue weighted by Crippen LogP contribution is -2.43. The average Bonchev–Trinajstić information content (AvgIpc) is 2.38. The Bertz CT molecular complexity index is 519. The van der Waals surface area contributed by atoms with Gasteiger partial charge in [0.15, 0.2) is 0 Å². The van der Waals surface area contributed by atoms with Gasteiger partial charge in [-0.05, 0) is 5.56 Å². The fourth-order valence-corrected chi connectivity index (χ4v) is 4.33. The summed E-state index contributed by atoms with van der Waals surface area (Å²) in [4.78, 5) is 2.38. The molecule has 2 atom stereocenters. The lowest BCUT2D eigenvalue weighted by Gasteiger charge is -2.40. The van der Waals surface area contributed by atoms with Crippen LogP contribution in [0.1, 0.15) is 18.5 Å². The van der Waals surface area contributed by atoms with E-state index in [0.29, 0.717) is 17.8 Å². The van der Waals surface area contributed by atoms with Crippen LogP contribution in [0.5, 0.6) is 0 Å². The molecule has 0 aliphatic carbocycles. The number of hydrogen-bond acceptors (Lipinski definition) is 4. The van der Waals surface area contributed by atoms with Crippen molar-refractivity contribution in [1.29, 1.82) is 0 Å². The van der Waals surface area contributed by atoms with Crippen LogP contribution in [0.3, 0.4) is 0 Å². The fourth-order valence-electron chi connectivity index (χ4n) is 2.64. The average molecular weight is 314 g/mol. The van der Waals surface area contributed by atoms with E-state index in [9.17, 15) is 8.42 Å². The molecule has 112 valence electrons. The fraction of sp³-hybridized carbons (Fsp3) is 0.571. The van der Waals surface area contributed by atoms with Crippen LogP contribution in [-0.2, 0) is 10.0 Å². The molecule has 0 amide bonds. The summed E-state index contributed by atoms with van der Waals surface area (Å²) < 4.78 is 24.9. The number of hydrogen-bond donors (Lipinski definition) is 1. The number of nitrogens with one attached hydrogen (secondary N) is 1. The molecular formula is C14H22N2O2S2. The van der Waals surface area contributed by atoms with Gasteiger partial charge in [-0.25, -0.2) is 13.1 Å². The van der Waals surface area contributed by atoms with Crippen molar-refractivity contribution in [3.05, 3.63) is 35.9 Å². The van der Waals surface area contributed by atoms with E-state index >= 15 is 0 Å². The van der Waals surface area contributed by atoms with Crippen LogP contribution in [0, 0.1) is 0 Å². The lowest BCUT2D eigenvalue weighted by molar-refractivity contribution is 0.204. The Morgan fingerprint density at radius 3 is 2.70 bits per heavy atom. The topological polar surface area (TPSA) is 49.4 Å². The Kier molecular flexibility index (Phi) is 5.49. The highest BCUT2D eigenvalue weighted by Gasteiger charge is 2.29. The predicted octanol–water partition coefficient (Wildman–Crippen LogP) is 1.71. The molecule has 1 aromatic carbocycles. The molecule has 1 fully saturated rings. The lowest BCUT2D eigenvalue weighted by atomic mass is 10.0. The standard InChI is InChI=1S/C14H22N2O2S2/c1-12-14(13-6-4-3-5-7-13)16(10-11-19-12)9-8-15-20(2,17)18/h3-7,12,14-15H,8-11H2,1-2H3. The third-order valence-electron chi connectivity index (χ3n) is 3.50. The van der Waals surface area contributed by atoms with Crippen LogP contribution in [0.15, 0.2) is 30.3 Å². The zero-order valence-electron chi connectivity index (χ0n) is 12.0. The number of nitrogens with zero attached hydrogens (tertiary/aromatic N) is 1. The second kappa shape index (κ2) is 6.93. The molecule has 4 nitrogen and oxygen atoms in total. The highest BCUT2D eigenvalue weighted by atomic mass is 32.2. The number of sulfonamides is 1. The van der Waals surface area contributed by atoms with Crippen molar-refractivity contribution in [3.8, 4) is 0 Å². The maximum Gasteiger partial charge on any atom is 0.208 e. The van der Waals surface area contributed by atoms with E-state index in [2.05, 4.69) is 40.8 Å². The minimum absolute atomic E-state index is 0.358. The Morgan fingerprint density at radius 1 is 1.35 bits per heavy atom. The van der Waals surface area contributed by atoms with Gasteiger partial charge in [-0.3, -0.25) is 4.90 Å². The van der Waals surface area contributed by atoms with Crippen LogP contribution in [0.4, 0.5) is 0 Å². The first-order chi connectivity index (χ1) is 9.47. The first kappa shape index (κ1) is 15.8. The normalized spacial score (nSPS) is 24.7. The highest BCUT2D eigenvalue weighted by Crippen LogP contribution is 2.35. The smallest absolute Gasteiger partial charge is 0.208 e. The first-order valence-corrected chi connectivity index (χ1v) is 9.76. The van der Waals surface area contributed by atoms with Gasteiger partial charge in [0.2, 0.25) is 10.0 Å². The van der Waals surface area contributed by atoms with E-state index in [0.717, 1.165) is 18.8 Å². The van der Waals surface area contributed by atoms with Crippen LogP contribution >= 0.6 is 11.8 Å². The molecule has 0 bridgehead atoms. The zero-order chi connectivity index (χ0) is 14.6. The second-order valence-corrected chi connectivity index (χ2v) is 8.45. The van der Waals surface area contributed by atoms with E-state index in [1.807, 2.05) is 17.8 Å². The Morgan fingerprint density at radius 2 is 2.05 bits per heavy atom. The van der Waals surface area contributed by atoms with E-state index in [1.165, 1.54) is 11.8 Å². The predicted molar refractivity (Wildman–Crippen MR) is 85.5 cm³/mol. The van der Waals surface area contributed by atoms with Gasteiger partial charge in [-0.2, -0.15) is 11.8 Å². The Hall–Kier alpha value is -0.560. The molecule has 0 saturated carbocycles. The van der Waals surface area contributed by atoms with Gasteiger partial charge in [0, 0.05) is 36.7 Å². The quantitative estimate of drug-likeness (QED) is 0.899. The van der Waals surface area contributed by atoms with Crippen molar-refractivity contribution in [2.75, 3.05) is 31.6 Å². The largest absolute Gasteiger partial charge is 0.293 e. The summed E-state index contributed by atoms with van der Waals surface area (Å²) in [5, 5.41) is 0.518. The third-order valence-corrected chi connectivity index (χ3v) is 5.43. The van der Waals surface area contributed by atoms with E-state index in [-0.39, 0.29) is 0 Å². The van der Waals surface area contributed by atoms with Gasteiger partial charge < -0.3 is 0 Å². The Balaban J connectivity index is 2.05. The molecule has 0 aromatic heterocycles. The van der Waals surface area contributed by atoms with Crippen molar-refractivity contribution in [2.24, 2.45) is 0 Å². The van der Waals surface area contributed by atoms with E-state index in [1.54, 1.807) is 0 Å². The van der Waals surface area contributed by atoms with Crippen LogP contribution in [0.25, 0.3) is 0 Å². The monoisotopic (exact) mass is 314 g/mol. The molecule has 0 spiro atoms. The molecule has 1 aliphatic rings. The van der Waals surface area contributed by atoms with Crippen molar-refractivity contribution in [3.63, 3.8) is 0 Å². The maximum atomic E-state index is 11.2. The minimum atomic E-state index is -3.10. The van der Waals surface area contributed by atoms with E-state index < -0.39 is 10.0 Å². The molecule has 6 heteroatoms. The molecule has 1 N–H and O–H groups in total. The number of benzene rings is 1. The molecular weight excluding hydrogens is 292 g/mol. The summed E-state index contributed by atoms with van der Waals surface area (Å²) >= 11 is 1.98. The minimum Gasteiger partial charge on any atom is -0.293 e. The summed E-state index contributed by atoms with van der Waals surface area (Å²) in [5.74, 6) is 1.10. The second-order valence-electron chi connectivity index (χ2n) is 5.13. The van der Waals surface area contributed by atoms with Gasteiger partial charge in [0.05, 0.1) is 6.26 Å². The molecule has 2 rings (SSSR count). The maximum absolute atomic E-state index is 11.2. The van der Waals surface area contributed by atoms with Gasteiger partial charge in [-0.1, -0.05) is 37.3 Å². The van der Waals surface area contributed by atoms with Gasteiger partial charge >= 0.3 is 0 Å². The molecule has 20 heavy (non-hydrogen) atoms. The summed E-state index contributed by atoms with van der Waals surface area (Å²) in [7, 11) is -3.10. The van der Waals surface area contributed by atoms with Crippen molar-refractivity contribution >= 4 is 21.8 Å². The number of thioether (sulfide) groups is 1. The van der Waals surface area contributed by atoms with Crippen molar-refractivity contribution in [1.82, 2.24) is 9.62 Å². The van der Waals surface area contributed by atoms with Gasteiger partial charge in [0.1, 0.15) is 0 Å². The molecule has 1 aliphatic heterocycles. The zero-order valence-corrected chi connectivity index (χ0v) is 13.6. The molecule has 1 saturated heterocycles. The molecule has 1 aromatic rings. The first-order valence-electron chi connectivity index (χ1n) is 6.82. The highest BCUT2D eigenvalue weighted by molar-refractivity contribution is 8.00. The van der Waals surface area contributed by atoms with Crippen LogP contribution in [0.2, 0.25) is 0 Å². The SMILES string of the molecule is CC1SCCN(CCNS(C)(=O)=O)C1c1ccccc1. The van der Waals surface area contributed by atoms with Crippen LogP contribution < -0.4 is 4.72 Å². The summed E-state index contributed by atoms with van der Waals surface area (Å²) in [6, 6.07) is 10.8. The summed E-state index contributed by atoms with van der Waals surface area (Å²) in [5.41, 5.74) is 1.31. The van der Waals surface area contributed by atoms with Gasteiger partial charge in [0.25, 0.3) is 0 Å². The van der Waals surface area contributed by atoms with Crippen molar-refractivity contribution < 1.29 is 8.42 Å². The molecule has 1 heterocycles. The number of rotatable bonds is 5. The van der Waals surface area contributed by atoms with E-state index in [4.69, 9.17) is 0 Å². The third kappa shape index (κ3) is 4.48. The van der Waals surface area contributed by atoms with Gasteiger partial charge in [-0.15, -0.1) is 0 Å². The summed E-state index contributed by atoms with van der Waals surface area (Å²) in [6.07, 6.45) is 1.20. The van der Waals surface area contributed by atoms with Crippen LogP contribution in [-0.4, -0.2) is 50.2 Å². The van der Waals surface area contributed by atoms with Crippen molar-refractivity contribution in [2.45, 2.75) is 18.2 Å². The summed E-state index contributed by atoms with van der Waals surface area (Å²) in [6.45, 7) is 4.47. The molecule has 0 radical (unpaired) electrons. The molecule has 2 unspecified atom stereocenters.